The number of carbonyl (C=O) groups excluding carboxylic acids is 3. The second kappa shape index (κ2) is 10.5. The largest absolute Gasteiger partial charge is 0.547 e. The van der Waals surface area contributed by atoms with Crippen LogP contribution in [0, 0.1) is 0 Å². The van der Waals surface area contributed by atoms with Crippen LogP contribution in [-0.2, 0) is 30.2 Å². The third kappa shape index (κ3) is 6.25. The number of esters is 2. The average molecular weight is 405 g/mol. The standard InChI is InChI=1S/C19H24BNO8/c1-4-16(22)21-15-10-13-6-5-7-14(18(13)29-20(15)25)19(24)28-11-27-17(23)9-8-12(2)26-3/h5-7,15,25H,2,4,8-11H2,1,3H3,(H,21,22)/t15-/m0/s1. The van der Waals surface area contributed by atoms with E-state index in [0.29, 0.717) is 24.2 Å². The van der Waals surface area contributed by atoms with Crippen molar-refractivity contribution in [3.8, 4) is 5.75 Å². The number of rotatable bonds is 9. The van der Waals surface area contributed by atoms with Crippen LogP contribution in [0.5, 0.6) is 5.75 Å². The third-order valence-corrected chi connectivity index (χ3v) is 4.31. The van der Waals surface area contributed by atoms with Crippen molar-refractivity contribution >= 4 is 25.0 Å². The molecule has 1 atom stereocenters. The molecule has 0 aliphatic carbocycles. The molecule has 0 unspecified atom stereocenters. The molecule has 0 spiro atoms. The number of benzene rings is 1. The van der Waals surface area contributed by atoms with Gasteiger partial charge in [0, 0.05) is 12.8 Å². The van der Waals surface area contributed by atoms with Crippen molar-refractivity contribution < 1.29 is 38.3 Å². The second-order valence-electron chi connectivity index (χ2n) is 6.34. The summed E-state index contributed by atoms with van der Waals surface area (Å²) < 4.78 is 20.1. The van der Waals surface area contributed by atoms with Crippen molar-refractivity contribution in [3.63, 3.8) is 0 Å². The number of amides is 1. The van der Waals surface area contributed by atoms with E-state index in [1.54, 1.807) is 19.1 Å². The van der Waals surface area contributed by atoms with Crippen LogP contribution in [-0.4, -0.2) is 49.8 Å². The first-order valence-electron chi connectivity index (χ1n) is 9.16. The van der Waals surface area contributed by atoms with Gasteiger partial charge in [0.25, 0.3) is 0 Å². The molecule has 0 fully saturated rings. The maximum atomic E-state index is 12.3. The van der Waals surface area contributed by atoms with Crippen LogP contribution in [0.4, 0.5) is 0 Å². The van der Waals surface area contributed by atoms with E-state index in [1.807, 2.05) is 0 Å². The zero-order valence-corrected chi connectivity index (χ0v) is 16.4. The molecule has 29 heavy (non-hydrogen) atoms. The summed E-state index contributed by atoms with van der Waals surface area (Å²) in [6.07, 6.45) is 0.921. The van der Waals surface area contributed by atoms with Crippen molar-refractivity contribution in [1.82, 2.24) is 5.32 Å². The van der Waals surface area contributed by atoms with Crippen LogP contribution in [0.2, 0.25) is 0 Å². The molecule has 1 aromatic carbocycles. The lowest BCUT2D eigenvalue weighted by atomic mass is 9.72. The van der Waals surface area contributed by atoms with Gasteiger partial charge in [0.05, 0.1) is 25.2 Å². The van der Waals surface area contributed by atoms with Crippen molar-refractivity contribution in [3.05, 3.63) is 41.7 Å². The first kappa shape index (κ1) is 22.3. The highest BCUT2D eigenvalue weighted by Crippen LogP contribution is 2.30. The Kier molecular flexibility index (Phi) is 8.08. The molecule has 0 bridgehead atoms. The summed E-state index contributed by atoms with van der Waals surface area (Å²) in [5.41, 5.74) is 0.729. The van der Waals surface area contributed by atoms with E-state index in [2.05, 4.69) is 11.9 Å². The smallest absolute Gasteiger partial charge is 0.534 e. The summed E-state index contributed by atoms with van der Waals surface area (Å²) in [6.45, 7) is 4.74. The number of hydrogen-bond acceptors (Lipinski definition) is 8. The number of carbonyl (C=O) groups is 3. The van der Waals surface area contributed by atoms with Gasteiger partial charge in [-0.3, -0.25) is 9.59 Å². The third-order valence-electron chi connectivity index (χ3n) is 4.31. The SMILES string of the molecule is C=C(CCC(=O)OCOC(=O)c1cccc2c1OB(O)[C@@H](NC(=O)CC)C2)OC. The minimum absolute atomic E-state index is 0.0468. The van der Waals surface area contributed by atoms with E-state index in [-0.39, 0.29) is 30.1 Å². The molecule has 1 heterocycles. The van der Waals surface area contributed by atoms with E-state index < -0.39 is 31.8 Å². The van der Waals surface area contributed by atoms with Gasteiger partial charge < -0.3 is 29.2 Å². The average Bonchev–Trinajstić information content (AvgIpc) is 2.71. The van der Waals surface area contributed by atoms with Crippen LogP contribution >= 0.6 is 0 Å². The van der Waals surface area contributed by atoms with E-state index in [0.717, 1.165) is 0 Å². The molecule has 1 amide bonds. The molecule has 9 nitrogen and oxygen atoms in total. The number of ether oxygens (including phenoxy) is 3. The Morgan fingerprint density at radius 3 is 2.76 bits per heavy atom. The molecule has 1 aliphatic heterocycles. The van der Waals surface area contributed by atoms with Crippen molar-refractivity contribution in [1.29, 1.82) is 0 Å². The second-order valence-corrected chi connectivity index (χ2v) is 6.34. The van der Waals surface area contributed by atoms with Crippen LogP contribution in [0.3, 0.4) is 0 Å². The van der Waals surface area contributed by atoms with Crippen molar-refractivity contribution in [2.75, 3.05) is 13.9 Å². The van der Waals surface area contributed by atoms with Gasteiger partial charge >= 0.3 is 19.1 Å². The highest BCUT2D eigenvalue weighted by atomic mass is 16.7. The van der Waals surface area contributed by atoms with Gasteiger partial charge in [-0.25, -0.2) is 4.79 Å². The summed E-state index contributed by atoms with van der Waals surface area (Å²) in [6, 6.07) is 4.84. The fourth-order valence-corrected chi connectivity index (χ4v) is 2.66. The highest BCUT2D eigenvalue weighted by Gasteiger charge is 2.37. The minimum atomic E-state index is -1.31. The summed E-state index contributed by atoms with van der Waals surface area (Å²) in [4.78, 5) is 35.5. The molecule has 10 heteroatoms. The van der Waals surface area contributed by atoms with Crippen LogP contribution in [0.25, 0.3) is 0 Å². The molecule has 2 rings (SSSR count). The fourth-order valence-electron chi connectivity index (χ4n) is 2.66. The highest BCUT2D eigenvalue weighted by molar-refractivity contribution is 6.47. The van der Waals surface area contributed by atoms with Crippen LogP contribution < -0.4 is 9.97 Å². The molecule has 0 saturated carbocycles. The maximum Gasteiger partial charge on any atom is 0.547 e. The predicted octanol–water partition coefficient (Wildman–Crippen LogP) is 1.13. The lowest BCUT2D eigenvalue weighted by Crippen LogP contribution is -2.53. The van der Waals surface area contributed by atoms with E-state index in [9.17, 15) is 19.4 Å². The monoisotopic (exact) mass is 405 g/mol. The summed E-state index contributed by atoms with van der Waals surface area (Å²) >= 11 is 0. The Labute approximate surface area is 169 Å². The Bertz CT molecular complexity index is 781. The lowest BCUT2D eigenvalue weighted by molar-refractivity contribution is -0.152. The molecule has 0 aromatic heterocycles. The number of hydrogen-bond donors (Lipinski definition) is 2. The van der Waals surface area contributed by atoms with Gasteiger partial charge in [0.15, 0.2) is 0 Å². The van der Waals surface area contributed by atoms with Gasteiger partial charge in [0.1, 0.15) is 11.3 Å². The number of allylic oxidation sites excluding steroid dienone is 1. The quantitative estimate of drug-likeness (QED) is 0.272. The number of fused-ring (bicyclic) bond motifs is 1. The predicted molar refractivity (Wildman–Crippen MR) is 103 cm³/mol. The Morgan fingerprint density at radius 2 is 2.07 bits per heavy atom. The van der Waals surface area contributed by atoms with Crippen LogP contribution in [0.1, 0.15) is 42.1 Å². The normalized spacial score (nSPS) is 14.9. The molecular weight excluding hydrogens is 381 g/mol. The first-order valence-corrected chi connectivity index (χ1v) is 9.16. The van der Waals surface area contributed by atoms with Crippen LogP contribution in [0.15, 0.2) is 30.5 Å². The molecule has 2 N–H and O–H groups in total. The molecule has 156 valence electrons. The zero-order chi connectivity index (χ0) is 21.4. The topological polar surface area (TPSA) is 120 Å². The summed E-state index contributed by atoms with van der Waals surface area (Å²) in [7, 11) is 0.147. The Morgan fingerprint density at radius 1 is 1.31 bits per heavy atom. The van der Waals surface area contributed by atoms with Crippen molar-refractivity contribution in [2.24, 2.45) is 0 Å². The van der Waals surface area contributed by atoms with E-state index in [4.69, 9.17) is 18.9 Å². The van der Waals surface area contributed by atoms with E-state index in [1.165, 1.54) is 13.2 Å². The van der Waals surface area contributed by atoms with Crippen molar-refractivity contribution in [2.45, 2.75) is 38.5 Å². The fraction of sp³-hybridized carbons (Fsp3) is 0.421. The van der Waals surface area contributed by atoms with E-state index >= 15 is 0 Å². The molecular formula is C19H24BNO8. The Balaban J connectivity index is 1.94. The van der Waals surface area contributed by atoms with Gasteiger partial charge in [0.2, 0.25) is 12.7 Å². The van der Waals surface area contributed by atoms with Gasteiger partial charge in [-0.05, 0) is 18.1 Å². The zero-order valence-electron chi connectivity index (χ0n) is 16.4. The molecule has 1 aliphatic rings. The maximum absolute atomic E-state index is 12.3. The summed E-state index contributed by atoms with van der Waals surface area (Å²) in [5, 5.41) is 12.8. The molecule has 1 aromatic rings. The number of nitrogens with one attached hydrogen (secondary N) is 1. The van der Waals surface area contributed by atoms with Gasteiger partial charge in [-0.2, -0.15) is 0 Å². The number of para-hydroxylation sites is 1. The molecule has 0 radical (unpaired) electrons. The first-order chi connectivity index (χ1) is 13.8. The van der Waals surface area contributed by atoms with Gasteiger partial charge in [-0.15, -0.1) is 0 Å². The summed E-state index contributed by atoms with van der Waals surface area (Å²) in [5.74, 6) is -1.54. The minimum Gasteiger partial charge on any atom is -0.534 e. The lowest BCUT2D eigenvalue weighted by Gasteiger charge is -2.29. The number of methoxy groups -OCH3 is 1. The molecule has 0 saturated heterocycles. The van der Waals surface area contributed by atoms with Gasteiger partial charge in [-0.1, -0.05) is 25.6 Å². The Hall–Kier alpha value is -3.01.